The Morgan fingerprint density at radius 3 is 2.31 bits per heavy atom. The number of nitrogens with zero attached hydrogens (tertiary/aromatic N) is 1. The molecule has 0 bridgehead atoms. The molecule has 0 saturated carbocycles. The lowest BCUT2D eigenvalue weighted by Crippen LogP contribution is -2.52. The molecule has 0 aliphatic rings. The van der Waals surface area contributed by atoms with Crippen LogP contribution in [0.25, 0.3) is 0 Å². The zero-order chi connectivity index (χ0) is 25.4. The summed E-state index contributed by atoms with van der Waals surface area (Å²) in [6, 6.07) is 22.0. The van der Waals surface area contributed by atoms with Crippen LogP contribution in [0, 0.1) is 6.92 Å². The fraction of sp³-hybridized carbons (Fsp3) is 0.286. The van der Waals surface area contributed by atoms with E-state index in [-0.39, 0.29) is 31.0 Å². The van der Waals surface area contributed by atoms with Crippen LogP contribution < -0.4 is 10.1 Å². The smallest absolute Gasteiger partial charge is 0.261 e. The number of halogens is 2. The minimum atomic E-state index is -0.703. The average molecular weight is 558 g/mol. The van der Waals surface area contributed by atoms with Crippen molar-refractivity contribution < 1.29 is 14.3 Å². The molecule has 3 aromatic carbocycles. The summed E-state index contributed by atoms with van der Waals surface area (Å²) in [5, 5.41) is 3.55. The summed E-state index contributed by atoms with van der Waals surface area (Å²) in [5.41, 5.74) is 3.03. The van der Waals surface area contributed by atoms with Gasteiger partial charge in [-0.3, -0.25) is 9.59 Å². The van der Waals surface area contributed by atoms with Gasteiger partial charge in [0.1, 0.15) is 11.8 Å². The largest absolute Gasteiger partial charge is 0.483 e. The van der Waals surface area contributed by atoms with Crippen LogP contribution in [0.4, 0.5) is 0 Å². The van der Waals surface area contributed by atoms with E-state index in [1.54, 1.807) is 23.1 Å². The molecule has 0 saturated heterocycles. The lowest BCUT2D eigenvalue weighted by molar-refractivity contribution is -0.143. The van der Waals surface area contributed by atoms with Gasteiger partial charge in [0.15, 0.2) is 6.61 Å². The van der Waals surface area contributed by atoms with E-state index in [0.717, 1.165) is 16.7 Å². The fourth-order valence-electron chi connectivity index (χ4n) is 3.64. The van der Waals surface area contributed by atoms with E-state index in [9.17, 15) is 9.59 Å². The summed E-state index contributed by atoms with van der Waals surface area (Å²) >= 11 is 9.44. The summed E-state index contributed by atoms with van der Waals surface area (Å²) in [4.78, 5) is 28.5. The number of amides is 2. The SMILES string of the molecule is Cc1ccc(CN(C(=O)COc2ccc(Cl)cc2Br)C(Cc2ccccc2)C(=O)NC(C)C)cc1. The van der Waals surface area contributed by atoms with Gasteiger partial charge in [-0.2, -0.15) is 0 Å². The highest BCUT2D eigenvalue weighted by molar-refractivity contribution is 9.10. The first-order valence-corrected chi connectivity index (χ1v) is 12.7. The molecule has 0 spiro atoms. The van der Waals surface area contributed by atoms with Crippen molar-refractivity contribution in [1.82, 2.24) is 10.2 Å². The maximum absolute atomic E-state index is 13.6. The van der Waals surface area contributed by atoms with Crippen LogP contribution in [0.1, 0.15) is 30.5 Å². The zero-order valence-electron chi connectivity index (χ0n) is 20.1. The Morgan fingerprint density at radius 2 is 1.69 bits per heavy atom. The molecule has 35 heavy (non-hydrogen) atoms. The molecule has 1 N–H and O–H groups in total. The summed E-state index contributed by atoms with van der Waals surface area (Å²) in [5.74, 6) is 0.0218. The van der Waals surface area contributed by atoms with Gasteiger partial charge in [-0.05, 0) is 66.0 Å². The molecule has 1 atom stereocenters. The highest BCUT2D eigenvalue weighted by atomic mass is 79.9. The van der Waals surface area contributed by atoms with Gasteiger partial charge in [-0.1, -0.05) is 71.8 Å². The Labute approximate surface area is 220 Å². The van der Waals surface area contributed by atoms with Gasteiger partial charge < -0.3 is 15.0 Å². The van der Waals surface area contributed by atoms with Crippen molar-refractivity contribution in [3.05, 3.63) is 99.0 Å². The molecule has 0 aromatic heterocycles. The normalized spacial score (nSPS) is 11.7. The lowest BCUT2D eigenvalue weighted by Gasteiger charge is -2.32. The van der Waals surface area contributed by atoms with Crippen molar-refractivity contribution in [1.29, 1.82) is 0 Å². The summed E-state index contributed by atoms with van der Waals surface area (Å²) in [7, 11) is 0. The van der Waals surface area contributed by atoms with E-state index in [2.05, 4.69) is 21.2 Å². The predicted octanol–water partition coefficient (Wildman–Crippen LogP) is 5.95. The van der Waals surface area contributed by atoms with E-state index in [0.29, 0.717) is 21.7 Å². The van der Waals surface area contributed by atoms with Crippen molar-refractivity contribution in [3.63, 3.8) is 0 Å². The predicted molar refractivity (Wildman–Crippen MR) is 144 cm³/mol. The Kier molecular flexibility index (Phi) is 9.75. The van der Waals surface area contributed by atoms with E-state index in [4.69, 9.17) is 16.3 Å². The highest BCUT2D eigenvalue weighted by Crippen LogP contribution is 2.28. The average Bonchev–Trinajstić information content (AvgIpc) is 2.82. The highest BCUT2D eigenvalue weighted by Gasteiger charge is 2.31. The number of carbonyl (C=O) groups excluding carboxylic acids is 2. The molecule has 184 valence electrons. The van der Waals surface area contributed by atoms with E-state index >= 15 is 0 Å². The first kappa shape index (κ1) is 26.8. The van der Waals surface area contributed by atoms with Gasteiger partial charge in [0.25, 0.3) is 5.91 Å². The molecule has 5 nitrogen and oxygen atoms in total. The summed E-state index contributed by atoms with van der Waals surface area (Å²) in [6.07, 6.45) is 0.391. The van der Waals surface area contributed by atoms with Crippen LogP contribution >= 0.6 is 27.5 Å². The second-order valence-electron chi connectivity index (χ2n) is 8.74. The van der Waals surface area contributed by atoms with E-state index in [1.165, 1.54) is 0 Å². The Bertz CT molecular complexity index is 1140. The lowest BCUT2D eigenvalue weighted by atomic mass is 10.0. The standard InChI is InChI=1S/C28H30BrClN2O3/c1-19(2)31-28(34)25(15-21-7-5-4-6-8-21)32(17-22-11-9-20(3)10-12-22)27(33)18-35-26-14-13-23(30)16-24(26)29/h4-14,16,19,25H,15,17-18H2,1-3H3,(H,31,34). The van der Waals surface area contributed by atoms with Crippen LogP contribution in [0.5, 0.6) is 5.75 Å². The molecule has 3 rings (SSSR count). The molecule has 1 unspecified atom stereocenters. The maximum Gasteiger partial charge on any atom is 0.261 e. The number of rotatable bonds is 10. The molecule has 3 aromatic rings. The van der Waals surface area contributed by atoms with Crippen molar-refractivity contribution in [2.24, 2.45) is 0 Å². The first-order chi connectivity index (χ1) is 16.7. The molecule has 7 heteroatoms. The molecular formula is C28H30BrClN2O3. The number of ether oxygens (including phenoxy) is 1. The second kappa shape index (κ2) is 12.8. The number of hydrogen-bond acceptors (Lipinski definition) is 3. The molecule has 0 fully saturated rings. The van der Waals surface area contributed by atoms with Crippen molar-refractivity contribution in [3.8, 4) is 5.75 Å². The third-order valence-corrected chi connectivity index (χ3v) is 6.28. The number of carbonyl (C=O) groups is 2. The molecular weight excluding hydrogens is 528 g/mol. The Balaban J connectivity index is 1.91. The second-order valence-corrected chi connectivity index (χ2v) is 10.0. The number of nitrogens with one attached hydrogen (secondary N) is 1. The summed E-state index contributed by atoms with van der Waals surface area (Å²) < 4.78 is 6.48. The quantitative estimate of drug-likeness (QED) is 0.335. The minimum absolute atomic E-state index is 0.0571. The van der Waals surface area contributed by atoms with Gasteiger partial charge in [-0.25, -0.2) is 0 Å². The summed E-state index contributed by atoms with van der Waals surface area (Å²) in [6.45, 7) is 5.90. The van der Waals surface area contributed by atoms with Gasteiger partial charge in [0, 0.05) is 24.0 Å². The number of aryl methyl sites for hydroxylation is 1. The van der Waals surface area contributed by atoms with Gasteiger partial charge in [-0.15, -0.1) is 0 Å². The van der Waals surface area contributed by atoms with Gasteiger partial charge in [0.2, 0.25) is 5.91 Å². The fourth-order valence-corrected chi connectivity index (χ4v) is 4.44. The van der Waals surface area contributed by atoms with Crippen molar-refractivity contribution >= 4 is 39.3 Å². The zero-order valence-corrected chi connectivity index (χ0v) is 22.5. The third kappa shape index (κ3) is 8.11. The monoisotopic (exact) mass is 556 g/mol. The van der Waals surface area contributed by atoms with Gasteiger partial charge >= 0.3 is 0 Å². The Morgan fingerprint density at radius 1 is 1.00 bits per heavy atom. The van der Waals surface area contributed by atoms with Crippen LogP contribution in [0.2, 0.25) is 5.02 Å². The molecule has 2 amide bonds. The molecule has 0 radical (unpaired) electrons. The van der Waals surface area contributed by atoms with Gasteiger partial charge in [0.05, 0.1) is 4.47 Å². The minimum Gasteiger partial charge on any atom is -0.483 e. The number of benzene rings is 3. The van der Waals surface area contributed by atoms with E-state index < -0.39 is 6.04 Å². The van der Waals surface area contributed by atoms with Crippen molar-refractivity contribution in [2.75, 3.05) is 6.61 Å². The van der Waals surface area contributed by atoms with E-state index in [1.807, 2.05) is 75.4 Å². The first-order valence-electron chi connectivity index (χ1n) is 11.5. The topological polar surface area (TPSA) is 58.6 Å². The van der Waals surface area contributed by atoms with Crippen molar-refractivity contribution in [2.45, 2.75) is 45.8 Å². The maximum atomic E-state index is 13.6. The van der Waals surface area contributed by atoms with Crippen LogP contribution in [-0.2, 0) is 22.6 Å². The molecule has 0 aliphatic heterocycles. The van der Waals surface area contributed by atoms with Crippen LogP contribution in [-0.4, -0.2) is 35.4 Å². The molecule has 0 heterocycles. The van der Waals surface area contributed by atoms with Crippen LogP contribution in [0.15, 0.2) is 77.3 Å². The third-order valence-electron chi connectivity index (χ3n) is 5.42. The Hall–Kier alpha value is -2.83. The number of hydrogen-bond donors (Lipinski definition) is 1. The van der Waals surface area contributed by atoms with Crippen LogP contribution in [0.3, 0.4) is 0 Å². The molecule has 0 aliphatic carbocycles.